The zero-order valence-electron chi connectivity index (χ0n) is 9.59. The van der Waals surface area contributed by atoms with Crippen molar-refractivity contribution in [1.82, 2.24) is 14.9 Å². The van der Waals surface area contributed by atoms with E-state index in [1.165, 1.54) is 0 Å². The van der Waals surface area contributed by atoms with Gasteiger partial charge in [0, 0.05) is 31.9 Å². The van der Waals surface area contributed by atoms with Gasteiger partial charge in [-0.05, 0) is 19.8 Å². The quantitative estimate of drug-likeness (QED) is 0.666. The number of aliphatic hydroxyl groups excluding tert-OH is 1. The largest absolute Gasteiger partial charge is 0.393 e. The Hall–Kier alpha value is -1.36. The number of carbonyl (C=O) groups excluding carboxylic acids is 1. The van der Waals surface area contributed by atoms with Crippen LogP contribution in [-0.4, -0.2) is 33.2 Å². The average Bonchev–Trinajstić information content (AvgIpc) is 2.74. The Balaban J connectivity index is 2.00. The summed E-state index contributed by atoms with van der Waals surface area (Å²) in [5, 5.41) is 11.8. The van der Waals surface area contributed by atoms with Crippen LogP contribution in [0.3, 0.4) is 0 Å². The Morgan fingerprint density at radius 2 is 2.44 bits per heavy atom. The summed E-state index contributed by atoms with van der Waals surface area (Å²) in [5.41, 5.74) is 0. The summed E-state index contributed by atoms with van der Waals surface area (Å²) in [4.78, 5) is 15.2. The summed E-state index contributed by atoms with van der Waals surface area (Å²) < 4.78 is 1.97. The van der Waals surface area contributed by atoms with Crippen LogP contribution in [0, 0.1) is 0 Å². The molecule has 0 aliphatic heterocycles. The average molecular weight is 225 g/mol. The molecule has 1 amide bonds. The van der Waals surface area contributed by atoms with E-state index in [0.29, 0.717) is 19.4 Å². The number of amides is 1. The highest BCUT2D eigenvalue weighted by molar-refractivity contribution is 5.75. The molecular weight excluding hydrogens is 206 g/mol. The number of rotatable bonds is 7. The van der Waals surface area contributed by atoms with Gasteiger partial charge in [0.05, 0.1) is 12.4 Å². The van der Waals surface area contributed by atoms with Crippen molar-refractivity contribution in [2.45, 2.75) is 38.8 Å². The Labute approximate surface area is 95.5 Å². The first-order valence-electron chi connectivity index (χ1n) is 5.59. The smallest absolute Gasteiger partial charge is 0.220 e. The van der Waals surface area contributed by atoms with Crippen LogP contribution in [0.2, 0.25) is 0 Å². The van der Waals surface area contributed by atoms with Crippen molar-refractivity contribution in [2.75, 3.05) is 6.54 Å². The predicted octanol–water partition coefficient (Wildman–Crippen LogP) is 0.550. The Morgan fingerprint density at radius 1 is 1.62 bits per heavy atom. The molecule has 0 saturated heterocycles. The predicted molar refractivity (Wildman–Crippen MR) is 60.8 cm³/mol. The first kappa shape index (κ1) is 12.7. The molecule has 0 bridgehead atoms. The van der Waals surface area contributed by atoms with E-state index in [-0.39, 0.29) is 5.91 Å². The maximum absolute atomic E-state index is 11.3. The fourth-order valence-electron chi connectivity index (χ4n) is 1.34. The lowest BCUT2D eigenvalue weighted by atomic mass is 10.2. The number of aliphatic hydroxyl groups is 1. The number of hydrogen-bond acceptors (Lipinski definition) is 3. The summed E-state index contributed by atoms with van der Waals surface area (Å²) in [6, 6.07) is 0. The SMILES string of the molecule is CC(O)CCC(=O)NCCCn1ccnc1. The second-order valence-electron chi connectivity index (χ2n) is 3.89. The van der Waals surface area contributed by atoms with E-state index >= 15 is 0 Å². The zero-order valence-corrected chi connectivity index (χ0v) is 9.59. The fourth-order valence-corrected chi connectivity index (χ4v) is 1.34. The molecule has 5 nitrogen and oxygen atoms in total. The molecule has 1 aromatic heterocycles. The van der Waals surface area contributed by atoms with E-state index in [4.69, 9.17) is 5.11 Å². The van der Waals surface area contributed by atoms with Gasteiger partial charge < -0.3 is 15.0 Å². The first-order chi connectivity index (χ1) is 7.68. The van der Waals surface area contributed by atoms with Crippen LogP contribution in [0.1, 0.15) is 26.2 Å². The molecule has 1 atom stereocenters. The maximum atomic E-state index is 11.3. The van der Waals surface area contributed by atoms with Gasteiger partial charge in [-0.15, -0.1) is 0 Å². The summed E-state index contributed by atoms with van der Waals surface area (Å²) in [5.74, 6) is 0.00605. The Kier molecular flexibility index (Phi) is 5.56. The van der Waals surface area contributed by atoms with Gasteiger partial charge in [0.2, 0.25) is 5.91 Å². The molecule has 16 heavy (non-hydrogen) atoms. The molecule has 1 aromatic rings. The Morgan fingerprint density at radius 3 is 3.06 bits per heavy atom. The van der Waals surface area contributed by atoms with Gasteiger partial charge in [-0.3, -0.25) is 4.79 Å². The minimum atomic E-state index is -0.406. The molecule has 5 heteroatoms. The molecule has 0 aliphatic rings. The van der Waals surface area contributed by atoms with Crippen LogP contribution in [-0.2, 0) is 11.3 Å². The molecule has 0 fully saturated rings. The molecule has 0 aromatic carbocycles. The van der Waals surface area contributed by atoms with Gasteiger partial charge in [0.1, 0.15) is 0 Å². The molecule has 1 unspecified atom stereocenters. The van der Waals surface area contributed by atoms with Crippen molar-refractivity contribution in [2.24, 2.45) is 0 Å². The molecule has 0 spiro atoms. The second kappa shape index (κ2) is 7.00. The van der Waals surface area contributed by atoms with E-state index in [1.807, 2.05) is 10.8 Å². The topological polar surface area (TPSA) is 67.2 Å². The van der Waals surface area contributed by atoms with E-state index < -0.39 is 6.10 Å². The van der Waals surface area contributed by atoms with E-state index in [1.54, 1.807) is 19.4 Å². The molecule has 0 radical (unpaired) electrons. The van der Waals surface area contributed by atoms with Gasteiger partial charge >= 0.3 is 0 Å². The summed E-state index contributed by atoms with van der Waals surface area (Å²) in [7, 11) is 0. The Bertz CT molecular complexity index is 296. The van der Waals surface area contributed by atoms with E-state index in [2.05, 4.69) is 10.3 Å². The standard InChI is InChI=1S/C11H19N3O2/c1-10(15)3-4-11(16)13-5-2-7-14-8-6-12-9-14/h6,8-10,15H,2-5,7H2,1H3,(H,13,16). The molecular formula is C11H19N3O2. The molecule has 0 aliphatic carbocycles. The summed E-state index contributed by atoms with van der Waals surface area (Å²) in [6.07, 6.45) is 6.79. The third kappa shape index (κ3) is 5.50. The van der Waals surface area contributed by atoms with Crippen LogP contribution in [0.5, 0.6) is 0 Å². The minimum Gasteiger partial charge on any atom is -0.393 e. The van der Waals surface area contributed by atoms with E-state index in [9.17, 15) is 4.79 Å². The highest BCUT2D eigenvalue weighted by atomic mass is 16.3. The summed E-state index contributed by atoms with van der Waals surface area (Å²) >= 11 is 0. The monoisotopic (exact) mass is 225 g/mol. The van der Waals surface area contributed by atoms with Crippen molar-refractivity contribution in [3.05, 3.63) is 18.7 Å². The van der Waals surface area contributed by atoms with Crippen molar-refractivity contribution in [3.8, 4) is 0 Å². The normalized spacial score (nSPS) is 12.4. The number of hydrogen-bond donors (Lipinski definition) is 2. The van der Waals surface area contributed by atoms with Crippen LogP contribution in [0.4, 0.5) is 0 Å². The number of aromatic nitrogens is 2. The molecule has 90 valence electrons. The molecule has 1 heterocycles. The second-order valence-corrected chi connectivity index (χ2v) is 3.89. The molecule has 0 saturated carbocycles. The van der Waals surface area contributed by atoms with Crippen LogP contribution < -0.4 is 5.32 Å². The van der Waals surface area contributed by atoms with Crippen molar-refractivity contribution < 1.29 is 9.90 Å². The fraction of sp³-hybridized carbons (Fsp3) is 0.636. The number of carbonyl (C=O) groups is 1. The van der Waals surface area contributed by atoms with Crippen LogP contribution in [0.25, 0.3) is 0 Å². The van der Waals surface area contributed by atoms with Gasteiger partial charge in [-0.2, -0.15) is 0 Å². The van der Waals surface area contributed by atoms with Gasteiger partial charge in [-0.1, -0.05) is 0 Å². The highest BCUT2D eigenvalue weighted by Gasteiger charge is 2.02. The number of imidazole rings is 1. The zero-order chi connectivity index (χ0) is 11.8. The molecule has 2 N–H and O–H groups in total. The lowest BCUT2D eigenvalue weighted by molar-refractivity contribution is -0.121. The third-order valence-electron chi connectivity index (χ3n) is 2.26. The van der Waals surface area contributed by atoms with Crippen LogP contribution in [0.15, 0.2) is 18.7 Å². The summed E-state index contributed by atoms with van der Waals surface area (Å²) in [6.45, 7) is 3.21. The highest BCUT2D eigenvalue weighted by Crippen LogP contribution is 1.95. The maximum Gasteiger partial charge on any atom is 0.220 e. The van der Waals surface area contributed by atoms with Gasteiger partial charge in [0.15, 0.2) is 0 Å². The van der Waals surface area contributed by atoms with Crippen molar-refractivity contribution >= 4 is 5.91 Å². The van der Waals surface area contributed by atoms with Crippen LogP contribution >= 0.6 is 0 Å². The van der Waals surface area contributed by atoms with Gasteiger partial charge in [-0.25, -0.2) is 4.98 Å². The van der Waals surface area contributed by atoms with E-state index in [0.717, 1.165) is 13.0 Å². The number of nitrogens with one attached hydrogen (secondary N) is 1. The minimum absolute atomic E-state index is 0.00605. The third-order valence-corrected chi connectivity index (χ3v) is 2.26. The van der Waals surface area contributed by atoms with Crippen molar-refractivity contribution in [1.29, 1.82) is 0 Å². The first-order valence-corrected chi connectivity index (χ1v) is 5.59. The lowest BCUT2D eigenvalue weighted by Crippen LogP contribution is -2.25. The lowest BCUT2D eigenvalue weighted by Gasteiger charge is -2.06. The number of nitrogens with zero attached hydrogens (tertiary/aromatic N) is 2. The van der Waals surface area contributed by atoms with Crippen molar-refractivity contribution in [3.63, 3.8) is 0 Å². The molecule has 1 rings (SSSR count). The van der Waals surface area contributed by atoms with Gasteiger partial charge in [0.25, 0.3) is 0 Å². The number of aryl methyl sites for hydroxylation is 1.